The largest absolute Gasteiger partial charge is 0.422 e. The van der Waals surface area contributed by atoms with Gasteiger partial charge in [0.1, 0.15) is 5.82 Å². The van der Waals surface area contributed by atoms with Gasteiger partial charge in [0.15, 0.2) is 23.7 Å². The summed E-state index contributed by atoms with van der Waals surface area (Å²) in [6.07, 6.45) is 1.68. The number of hydrogen-bond acceptors (Lipinski definition) is 6. The molecule has 240 valence electrons. The highest BCUT2D eigenvalue weighted by Gasteiger charge is 2.37. The van der Waals surface area contributed by atoms with Crippen LogP contribution in [0.4, 0.5) is 4.39 Å². The summed E-state index contributed by atoms with van der Waals surface area (Å²) in [4.78, 5) is 27.5. The number of fused-ring (bicyclic) bond motifs is 1. The predicted molar refractivity (Wildman–Crippen MR) is 187 cm³/mol. The summed E-state index contributed by atoms with van der Waals surface area (Å²) in [6, 6.07) is 11.4. The van der Waals surface area contributed by atoms with E-state index < -0.39 is 29.6 Å². The lowest BCUT2D eigenvalue weighted by molar-refractivity contribution is 0.309. The zero-order valence-electron chi connectivity index (χ0n) is 26.7. The summed E-state index contributed by atoms with van der Waals surface area (Å²) in [6.45, 7) is 13.9. The van der Waals surface area contributed by atoms with E-state index in [0.29, 0.717) is 27.9 Å². The SMILES string of the molecule is Cc1c(Cc2ccc(I)cc2F)c2c(=O)n(C3CC3)c(C)c(-c3cccc(S(=O)(=O)CCO[Si](C)(C)C(C)(C)C)c3)c2oc1=O. The molecule has 0 spiro atoms. The van der Waals surface area contributed by atoms with Gasteiger partial charge in [-0.25, -0.2) is 17.6 Å². The van der Waals surface area contributed by atoms with Crippen molar-refractivity contribution in [1.82, 2.24) is 4.57 Å². The van der Waals surface area contributed by atoms with Gasteiger partial charge < -0.3 is 13.4 Å². The van der Waals surface area contributed by atoms with E-state index in [4.69, 9.17) is 8.84 Å². The molecule has 0 bridgehead atoms. The Morgan fingerprint density at radius 2 is 1.78 bits per heavy atom. The van der Waals surface area contributed by atoms with E-state index >= 15 is 4.39 Å². The lowest BCUT2D eigenvalue weighted by atomic mass is 9.94. The minimum Gasteiger partial charge on any atom is -0.422 e. The number of pyridine rings is 1. The molecular weight excluding hydrogens is 724 g/mol. The number of halogens is 2. The van der Waals surface area contributed by atoms with Crippen molar-refractivity contribution in [2.24, 2.45) is 0 Å². The van der Waals surface area contributed by atoms with Gasteiger partial charge in [-0.2, -0.15) is 0 Å². The maximum absolute atomic E-state index is 15.0. The molecule has 7 nitrogen and oxygen atoms in total. The van der Waals surface area contributed by atoms with Crippen molar-refractivity contribution in [3.8, 4) is 11.1 Å². The van der Waals surface area contributed by atoms with E-state index in [1.807, 2.05) is 22.6 Å². The lowest BCUT2D eigenvalue weighted by Gasteiger charge is -2.36. The van der Waals surface area contributed by atoms with Crippen LogP contribution in [-0.2, 0) is 20.7 Å². The topological polar surface area (TPSA) is 95.6 Å². The Morgan fingerprint density at radius 3 is 2.40 bits per heavy atom. The third kappa shape index (κ3) is 6.63. The van der Waals surface area contributed by atoms with Crippen LogP contribution in [0.15, 0.2) is 61.4 Å². The van der Waals surface area contributed by atoms with Crippen LogP contribution >= 0.6 is 22.6 Å². The molecule has 2 aromatic heterocycles. The molecule has 2 aromatic carbocycles. The fourth-order valence-corrected chi connectivity index (χ4v) is 8.18. The number of aromatic nitrogens is 1. The number of hydrogen-bond donors (Lipinski definition) is 0. The fraction of sp³-hybridized carbons (Fsp3) is 0.412. The maximum Gasteiger partial charge on any atom is 0.339 e. The molecule has 0 saturated heterocycles. The first-order chi connectivity index (χ1) is 20.9. The van der Waals surface area contributed by atoms with Gasteiger partial charge in [0, 0.05) is 39.5 Å². The number of nitrogens with zero attached hydrogens (tertiary/aromatic N) is 1. The molecule has 0 aliphatic heterocycles. The molecule has 0 radical (unpaired) electrons. The second-order valence-electron chi connectivity index (χ2n) is 13.4. The zero-order chi connectivity index (χ0) is 33.1. The van der Waals surface area contributed by atoms with Crippen LogP contribution in [0, 0.1) is 23.2 Å². The minimum atomic E-state index is -3.73. The highest BCUT2D eigenvalue weighted by atomic mass is 127. The van der Waals surface area contributed by atoms with Crippen molar-refractivity contribution in [3.63, 3.8) is 0 Å². The van der Waals surface area contributed by atoms with Crippen LogP contribution in [0.25, 0.3) is 22.1 Å². The summed E-state index contributed by atoms with van der Waals surface area (Å²) >= 11 is 2.03. The molecular formula is C34H39FINO6SSi. The maximum atomic E-state index is 15.0. The van der Waals surface area contributed by atoms with Crippen molar-refractivity contribution >= 4 is 51.7 Å². The Bertz CT molecular complexity index is 2040. The van der Waals surface area contributed by atoms with E-state index in [1.54, 1.807) is 54.8 Å². The molecule has 0 N–H and O–H groups in total. The summed E-state index contributed by atoms with van der Waals surface area (Å²) < 4.78 is 56.5. The third-order valence-corrected chi connectivity index (χ3v) is 16.1. The predicted octanol–water partition coefficient (Wildman–Crippen LogP) is 7.70. The summed E-state index contributed by atoms with van der Waals surface area (Å²) in [5.41, 5.74) is 1.75. The van der Waals surface area contributed by atoms with Crippen LogP contribution in [-0.4, -0.2) is 33.7 Å². The molecule has 0 atom stereocenters. The average molecular weight is 764 g/mol. The molecule has 11 heteroatoms. The van der Waals surface area contributed by atoms with Gasteiger partial charge in [0.25, 0.3) is 5.56 Å². The van der Waals surface area contributed by atoms with E-state index in [9.17, 15) is 18.0 Å². The molecule has 0 unspecified atom stereocenters. The van der Waals surface area contributed by atoms with E-state index in [2.05, 4.69) is 33.9 Å². The van der Waals surface area contributed by atoms with Crippen LogP contribution in [0.1, 0.15) is 62.0 Å². The van der Waals surface area contributed by atoms with Crippen molar-refractivity contribution in [1.29, 1.82) is 0 Å². The Kier molecular flexibility index (Phi) is 9.15. The van der Waals surface area contributed by atoms with Crippen LogP contribution in [0.3, 0.4) is 0 Å². The van der Waals surface area contributed by atoms with Crippen molar-refractivity contribution in [2.45, 2.75) is 83.0 Å². The molecule has 1 aliphatic rings. The lowest BCUT2D eigenvalue weighted by Crippen LogP contribution is -2.41. The van der Waals surface area contributed by atoms with E-state index in [1.165, 1.54) is 6.07 Å². The van der Waals surface area contributed by atoms with Gasteiger partial charge >= 0.3 is 5.63 Å². The molecule has 1 saturated carbocycles. The fourth-order valence-electron chi connectivity index (χ4n) is 5.40. The second kappa shape index (κ2) is 12.2. The molecule has 0 amide bonds. The summed E-state index contributed by atoms with van der Waals surface area (Å²) in [7, 11) is -5.86. The van der Waals surface area contributed by atoms with Crippen molar-refractivity contribution in [3.05, 3.63) is 95.0 Å². The number of rotatable bonds is 9. The molecule has 5 rings (SSSR count). The highest BCUT2D eigenvalue weighted by molar-refractivity contribution is 14.1. The Labute approximate surface area is 278 Å². The van der Waals surface area contributed by atoms with Crippen molar-refractivity contribution < 1.29 is 21.7 Å². The summed E-state index contributed by atoms with van der Waals surface area (Å²) in [5.74, 6) is -0.599. The Hall–Kier alpha value is -2.61. The van der Waals surface area contributed by atoms with Gasteiger partial charge in [0.2, 0.25) is 0 Å². The molecule has 4 aromatic rings. The van der Waals surface area contributed by atoms with Gasteiger partial charge in [0.05, 0.1) is 16.0 Å². The van der Waals surface area contributed by atoms with Crippen LogP contribution in [0.2, 0.25) is 18.1 Å². The molecule has 45 heavy (non-hydrogen) atoms. The van der Waals surface area contributed by atoms with Gasteiger partial charge in [-0.05, 0) is 108 Å². The smallest absolute Gasteiger partial charge is 0.339 e. The summed E-state index contributed by atoms with van der Waals surface area (Å²) in [5, 5.41) is 0.167. The molecule has 2 heterocycles. The number of sulfone groups is 1. The molecule has 1 fully saturated rings. The molecule has 1 aliphatic carbocycles. The standard InChI is InChI=1S/C34H39FINO6SSi/c1-20-27(18-22-11-12-24(36)19-28(22)35)30-31(43-33(20)39)29(21(2)37(32(30)38)25-13-14-25)23-9-8-10-26(17-23)44(40,41)16-15-42-45(6,7)34(3,4)5/h8-12,17,19,25H,13-16,18H2,1-7H3. The first-order valence-corrected chi connectivity index (χ1v) is 20.7. The second-order valence-corrected chi connectivity index (χ2v) is 21.6. The number of benzene rings is 2. The van der Waals surface area contributed by atoms with Crippen LogP contribution < -0.4 is 11.2 Å². The normalized spacial score (nSPS) is 14.3. The first kappa shape index (κ1) is 33.7. The van der Waals surface area contributed by atoms with Gasteiger partial charge in [-0.1, -0.05) is 39.0 Å². The minimum absolute atomic E-state index is 0.0184. The third-order valence-electron chi connectivity index (χ3n) is 9.26. The van der Waals surface area contributed by atoms with Gasteiger partial charge in [-0.15, -0.1) is 0 Å². The quantitative estimate of drug-likeness (QED) is 0.128. The first-order valence-electron chi connectivity index (χ1n) is 15.1. The van der Waals surface area contributed by atoms with E-state index in [-0.39, 0.29) is 56.8 Å². The van der Waals surface area contributed by atoms with Gasteiger partial charge in [-0.3, -0.25) is 4.79 Å². The monoisotopic (exact) mass is 763 g/mol. The van der Waals surface area contributed by atoms with Crippen LogP contribution in [0.5, 0.6) is 0 Å². The Morgan fingerprint density at radius 1 is 1.09 bits per heavy atom. The Balaban J connectivity index is 1.66. The highest BCUT2D eigenvalue weighted by Crippen LogP contribution is 2.40. The zero-order valence-corrected chi connectivity index (χ0v) is 30.7. The average Bonchev–Trinajstić information content (AvgIpc) is 3.77. The van der Waals surface area contributed by atoms with Crippen molar-refractivity contribution in [2.75, 3.05) is 12.4 Å². The van der Waals surface area contributed by atoms with E-state index in [0.717, 1.165) is 16.4 Å².